The van der Waals surface area contributed by atoms with E-state index in [9.17, 15) is 13.5 Å². The van der Waals surface area contributed by atoms with E-state index in [1.54, 1.807) is 32.0 Å². The van der Waals surface area contributed by atoms with Crippen LogP contribution in [0.5, 0.6) is 0 Å². The number of rotatable bonds is 5. The molecule has 0 aromatic heterocycles. The molecule has 5 nitrogen and oxygen atoms in total. The Kier molecular flexibility index (Phi) is 4.13. The predicted octanol–water partition coefficient (Wildman–Crippen LogP) is 0.777. The Morgan fingerprint density at radius 2 is 1.88 bits per heavy atom. The Balaban J connectivity index is 3.18. The van der Waals surface area contributed by atoms with Gasteiger partial charge in [0.1, 0.15) is 4.90 Å². The lowest BCUT2D eigenvalue weighted by Crippen LogP contribution is -2.35. The second kappa shape index (κ2) is 5.03. The molecule has 0 saturated carbocycles. The van der Waals surface area contributed by atoms with Gasteiger partial charge in [0.05, 0.1) is 17.8 Å². The van der Waals surface area contributed by atoms with Crippen LogP contribution in [-0.4, -0.2) is 32.7 Å². The number of benzene rings is 1. The second-order valence-corrected chi connectivity index (χ2v) is 6.23. The predicted molar refractivity (Wildman–Crippen MR) is 67.5 cm³/mol. The van der Waals surface area contributed by atoms with Gasteiger partial charge in [0.2, 0.25) is 10.0 Å². The van der Waals surface area contributed by atoms with E-state index in [0.29, 0.717) is 5.69 Å². The monoisotopic (exact) mass is 258 g/mol. The number of aliphatic hydroxyl groups excluding tert-OH is 1. The molecule has 0 aliphatic carbocycles. The number of para-hydroxylation sites is 1. The first-order valence-electron chi connectivity index (χ1n) is 5.24. The van der Waals surface area contributed by atoms with Crippen LogP contribution < -0.4 is 10.0 Å². The van der Waals surface area contributed by atoms with Crippen LogP contribution in [0.4, 0.5) is 5.69 Å². The summed E-state index contributed by atoms with van der Waals surface area (Å²) >= 11 is 0. The van der Waals surface area contributed by atoms with Crippen LogP contribution in [0.25, 0.3) is 0 Å². The maximum atomic E-state index is 11.8. The van der Waals surface area contributed by atoms with Gasteiger partial charge in [-0.3, -0.25) is 0 Å². The van der Waals surface area contributed by atoms with E-state index in [0.717, 1.165) is 0 Å². The minimum atomic E-state index is -3.50. The highest BCUT2D eigenvalue weighted by atomic mass is 32.2. The molecule has 0 fully saturated rings. The van der Waals surface area contributed by atoms with Crippen LogP contribution in [-0.2, 0) is 10.0 Å². The summed E-state index contributed by atoms with van der Waals surface area (Å²) in [5.74, 6) is 0. The first-order valence-corrected chi connectivity index (χ1v) is 6.72. The fourth-order valence-electron chi connectivity index (χ4n) is 1.32. The van der Waals surface area contributed by atoms with Gasteiger partial charge >= 0.3 is 0 Å². The zero-order chi connectivity index (χ0) is 13.1. The van der Waals surface area contributed by atoms with Crippen molar-refractivity contribution in [1.82, 2.24) is 4.72 Å². The van der Waals surface area contributed by atoms with E-state index in [1.807, 2.05) is 0 Å². The van der Waals surface area contributed by atoms with Gasteiger partial charge in [-0.25, -0.2) is 13.1 Å². The highest BCUT2D eigenvalue weighted by molar-refractivity contribution is 7.89. The molecule has 1 rings (SSSR count). The number of anilines is 1. The summed E-state index contributed by atoms with van der Waals surface area (Å²) in [5.41, 5.74) is -0.111. The number of sulfonamides is 1. The van der Waals surface area contributed by atoms with Crippen molar-refractivity contribution < 1.29 is 13.5 Å². The molecule has 1 aromatic rings. The van der Waals surface area contributed by atoms with Crippen molar-refractivity contribution in [2.45, 2.75) is 24.3 Å². The highest BCUT2D eigenvalue weighted by Gasteiger charge is 2.21. The second-order valence-electron chi connectivity index (χ2n) is 4.37. The molecule has 0 aliphatic heterocycles. The molecule has 0 radical (unpaired) electrons. The summed E-state index contributed by atoms with van der Waals surface area (Å²) in [6, 6.07) is 6.58. The molecule has 96 valence electrons. The van der Waals surface area contributed by atoms with Crippen LogP contribution in [0.15, 0.2) is 29.2 Å². The molecule has 1 aromatic carbocycles. The largest absolute Gasteiger partial charge is 0.394 e. The van der Waals surface area contributed by atoms with Crippen LogP contribution in [0, 0.1) is 0 Å². The van der Waals surface area contributed by atoms with Crippen LogP contribution in [0.2, 0.25) is 0 Å². The van der Waals surface area contributed by atoms with Crippen LogP contribution in [0.1, 0.15) is 13.8 Å². The summed E-state index contributed by atoms with van der Waals surface area (Å²) in [6.45, 7) is 3.48. The molecule has 17 heavy (non-hydrogen) atoms. The van der Waals surface area contributed by atoms with Gasteiger partial charge in [-0.15, -0.1) is 0 Å². The minimum absolute atomic E-state index is 0.0963. The smallest absolute Gasteiger partial charge is 0.242 e. The molecule has 0 aliphatic rings. The standard InChI is InChI=1S/C11H18N2O3S/c1-11(2,8-14)13-9-6-4-5-7-10(9)17(15,16)12-3/h4-7,12-14H,8H2,1-3H3. The molecular formula is C11H18N2O3S. The van der Waals surface area contributed by atoms with Gasteiger partial charge in [-0.05, 0) is 33.0 Å². The van der Waals surface area contributed by atoms with Crippen molar-refractivity contribution >= 4 is 15.7 Å². The molecule has 0 atom stereocenters. The molecule has 0 saturated heterocycles. The van der Waals surface area contributed by atoms with Crippen molar-refractivity contribution in [1.29, 1.82) is 0 Å². The Morgan fingerprint density at radius 1 is 1.29 bits per heavy atom. The van der Waals surface area contributed by atoms with E-state index in [2.05, 4.69) is 10.0 Å². The third-order valence-corrected chi connectivity index (χ3v) is 3.79. The fourth-order valence-corrected chi connectivity index (χ4v) is 2.20. The van der Waals surface area contributed by atoms with E-state index in [-0.39, 0.29) is 11.5 Å². The van der Waals surface area contributed by atoms with Crippen molar-refractivity contribution in [3.63, 3.8) is 0 Å². The lowest BCUT2D eigenvalue weighted by Gasteiger charge is -2.26. The highest BCUT2D eigenvalue weighted by Crippen LogP contribution is 2.23. The van der Waals surface area contributed by atoms with Crippen LogP contribution >= 0.6 is 0 Å². The quantitative estimate of drug-likeness (QED) is 0.729. The maximum absolute atomic E-state index is 11.8. The van der Waals surface area contributed by atoms with E-state index in [1.165, 1.54) is 13.1 Å². The first-order chi connectivity index (χ1) is 7.82. The summed E-state index contributed by atoms with van der Waals surface area (Å²) in [4.78, 5) is 0.170. The normalized spacial score (nSPS) is 12.5. The number of nitrogens with one attached hydrogen (secondary N) is 2. The van der Waals surface area contributed by atoms with Gasteiger partial charge in [0, 0.05) is 0 Å². The lowest BCUT2D eigenvalue weighted by molar-refractivity contribution is 0.234. The molecule has 3 N–H and O–H groups in total. The summed E-state index contributed by atoms with van der Waals surface area (Å²) < 4.78 is 25.8. The zero-order valence-corrected chi connectivity index (χ0v) is 11.0. The minimum Gasteiger partial charge on any atom is -0.394 e. The Bertz CT molecular complexity index is 483. The zero-order valence-electron chi connectivity index (χ0n) is 10.2. The Morgan fingerprint density at radius 3 is 2.41 bits per heavy atom. The van der Waals surface area contributed by atoms with Gasteiger partial charge in [-0.2, -0.15) is 0 Å². The third-order valence-electron chi connectivity index (χ3n) is 2.31. The topological polar surface area (TPSA) is 78.4 Å². The number of hydrogen-bond acceptors (Lipinski definition) is 4. The molecule has 0 unspecified atom stereocenters. The summed E-state index contributed by atoms with van der Waals surface area (Å²) in [7, 11) is -2.14. The molecule has 0 bridgehead atoms. The summed E-state index contributed by atoms with van der Waals surface area (Å²) in [6.07, 6.45) is 0. The van der Waals surface area contributed by atoms with Gasteiger partial charge in [0.25, 0.3) is 0 Å². The fraction of sp³-hybridized carbons (Fsp3) is 0.455. The number of aliphatic hydroxyl groups is 1. The Hall–Kier alpha value is -1.11. The average Bonchev–Trinajstić information content (AvgIpc) is 2.29. The lowest BCUT2D eigenvalue weighted by atomic mass is 10.1. The maximum Gasteiger partial charge on any atom is 0.242 e. The molecular weight excluding hydrogens is 240 g/mol. The Labute approximate surface area is 102 Å². The van der Waals surface area contributed by atoms with Gasteiger partial charge in [-0.1, -0.05) is 12.1 Å². The van der Waals surface area contributed by atoms with E-state index in [4.69, 9.17) is 0 Å². The van der Waals surface area contributed by atoms with Gasteiger partial charge in [0.15, 0.2) is 0 Å². The summed E-state index contributed by atoms with van der Waals surface area (Å²) in [5, 5.41) is 12.2. The number of hydrogen-bond donors (Lipinski definition) is 3. The third kappa shape index (κ3) is 3.42. The van der Waals surface area contributed by atoms with Crippen LogP contribution in [0.3, 0.4) is 0 Å². The van der Waals surface area contributed by atoms with Crippen molar-refractivity contribution in [3.05, 3.63) is 24.3 Å². The van der Waals surface area contributed by atoms with E-state index < -0.39 is 15.6 Å². The van der Waals surface area contributed by atoms with Crippen molar-refractivity contribution in [2.75, 3.05) is 19.0 Å². The SMILES string of the molecule is CNS(=O)(=O)c1ccccc1NC(C)(C)CO. The first kappa shape index (κ1) is 14.0. The van der Waals surface area contributed by atoms with E-state index >= 15 is 0 Å². The van der Waals surface area contributed by atoms with Crippen molar-refractivity contribution in [2.24, 2.45) is 0 Å². The molecule has 6 heteroatoms. The van der Waals surface area contributed by atoms with Crippen molar-refractivity contribution in [3.8, 4) is 0 Å². The molecule has 0 spiro atoms. The molecule has 0 amide bonds. The van der Waals surface area contributed by atoms with Gasteiger partial charge < -0.3 is 10.4 Å². The molecule has 0 heterocycles. The average molecular weight is 258 g/mol.